The largest absolute Gasteiger partial charge is 0.305 e. The smallest absolute Gasteiger partial charge is 0.0223 e. The lowest BCUT2D eigenvalue weighted by Crippen LogP contribution is -2.45. The van der Waals surface area contributed by atoms with E-state index in [9.17, 15) is 0 Å². The van der Waals surface area contributed by atoms with E-state index in [0.29, 0.717) is 0 Å². The maximum absolute atomic E-state index is 5.66. The topological polar surface area (TPSA) is 6.48 Å². The number of rotatable bonds is 7. The summed E-state index contributed by atoms with van der Waals surface area (Å²) in [6.45, 7) is 3.78. The number of halogens is 1. The van der Waals surface area contributed by atoms with Crippen LogP contribution in [0.3, 0.4) is 0 Å². The summed E-state index contributed by atoms with van der Waals surface area (Å²) >= 11 is 5.66. The average Bonchev–Trinajstić information content (AvgIpc) is 2.28. The van der Waals surface area contributed by atoms with Crippen molar-refractivity contribution in [1.82, 2.24) is 9.80 Å². The molecule has 0 aliphatic carbocycles. The van der Waals surface area contributed by atoms with E-state index < -0.39 is 0 Å². The summed E-state index contributed by atoms with van der Waals surface area (Å²) in [5.41, 5.74) is 0. The van der Waals surface area contributed by atoms with E-state index in [2.05, 4.69) is 23.9 Å². The average molecular weight is 247 g/mol. The fourth-order valence-electron chi connectivity index (χ4n) is 2.49. The van der Waals surface area contributed by atoms with Gasteiger partial charge in [0.2, 0.25) is 0 Å². The van der Waals surface area contributed by atoms with E-state index in [1.54, 1.807) is 0 Å². The predicted octanol–water partition coefficient (Wildman–Crippen LogP) is 2.81. The van der Waals surface area contributed by atoms with Gasteiger partial charge < -0.3 is 9.80 Å². The van der Waals surface area contributed by atoms with Gasteiger partial charge >= 0.3 is 0 Å². The number of likely N-dealkylation sites (tertiary alicyclic amines) is 1. The Labute approximate surface area is 106 Å². The molecule has 1 fully saturated rings. The lowest BCUT2D eigenvalue weighted by Gasteiger charge is -2.35. The van der Waals surface area contributed by atoms with Crippen molar-refractivity contribution in [3.63, 3.8) is 0 Å². The third-order valence-electron chi connectivity index (χ3n) is 3.62. The second-order valence-electron chi connectivity index (χ2n) is 5.14. The number of piperidine rings is 1. The van der Waals surface area contributed by atoms with Crippen LogP contribution < -0.4 is 0 Å². The maximum Gasteiger partial charge on any atom is 0.0223 e. The van der Waals surface area contributed by atoms with Gasteiger partial charge in [0.05, 0.1) is 0 Å². The van der Waals surface area contributed by atoms with Gasteiger partial charge in [-0.3, -0.25) is 0 Å². The lowest BCUT2D eigenvalue weighted by molar-refractivity contribution is 0.133. The molecule has 0 N–H and O–H groups in total. The van der Waals surface area contributed by atoms with E-state index in [0.717, 1.165) is 11.9 Å². The summed E-state index contributed by atoms with van der Waals surface area (Å²) in [4.78, 5) is 5.01. The quantitative estimate of drug-likeness (QED) is 0.504. The first-order valence-electron chi connectivity index (χ1n) is 6.69. The molecule has 0 radical (unpaired) electrons. The molecule has 0 spiro atoms. The molecule has 1 heterocycles. The van der Waals surface area contributed by atoms with Crippen molar-refractivity contribution in [2.75, 3.05) is 39.6 Å². The molecule has 1 aliphatic rings. The molecule has 1 saturated heterocycles. The number of hydrogen-bond donors (Lipinski definition) is 0. The Balaban J connectivity index is 2.06. The summed E-state index contributed by atoms with van der Waals surface area (Å²) in [7, 11) is 4.52. The molecule has 0 bridgehead atoms. The highest BCUT2D eigenvalue weighted by molar-refractivity contribution is 6.17. The zero-order valence-electron chi connectivity index (χ0n) is 10.9. The summed E-state index contributed by atoms with van der Waals surface area (Å²) in [6, 6.07) is 0.784. The van der Waals surface area contributed by atoms with Gasteiger partial charge in [0.1, 0.15) is 0 Å². The van der Waals surface area contributed by atoms with Crippen molar-refractivity contribution >= 4 is 11.6 Å². The molecule has 0 aromatic rings. The van der Waals surface area contributed by atoms with Crippen LogP contribution in [-0.4, -0.2) is 55.5 Å². The van der Waals surface area contributed by atoms with E-state index in [-0.39, 0.29) is 0 Å². The molecule has 3 heteroatoms. The van der Waals surface area contributed by atoms with Crippen LogP contribution in [0, 0.1) is 0 Å². The Morgan fingerprint density at radius 3 is 2.69 bits per heavy atom. The second-order valence-corrected chi connectivity index (χ2v) is 5.52. The minimum Gasteiger partial charge on any atom is -0.305 e. The second kappa shape index (κ2) is 8.32. The van der Waals surface area contributed by atoms with Crippen LogP contribution in [0.25, 0.3) is 0 Å². The van der Waals surface area contributed by atoms with Crippen molar-refractivity contribution in [2.24, 2.45) is 0 Å². The fraction of sp³-hybridized carbons (Fsp3) is 1.00. The summed E-state index contributed by atoms with van der Waals surface area (Å²) in [5.74, 6) is 0.823. The first-order valence-corrected chi connectivity index (χ1v) is 7.22. The monoisotopic (exact) mass is 246 g/mol. The van der Waals surface area contributed by atoms with Gasteiger partial charge in [-0.25, -0.2) is 0 Å². The zero-order valence-corrected chi connectivity index (χ0v) is 11.7. The number of nitrogens with zero attached hydrogens (tertiary/aromatic N) is 2. The van der Waals surface area contributed by atoms with Crippen molar-refractivity contribution in [2.45, 2.75) is 44.6 Å². The van der Waals surface area contributed by atoms with Gasteiger partial charge in [0.15, 0.2) is 0 Å². The van der Waals surface area contributed by atoms with Crippen LogP contribution in [0.5, 0.6) is 0 Å². The predicted molar refractivity (Wildman–Crippen MR) is 72.3 cm³/mol. The van der Waals surface area contributed by atoms with Crippen LogP contribution in [0.15, 0.2) is 0 Å². The minimum absolute atomic E-state index is 0.784. The van der Waals surface area contributed by atoms with E-state index in [1.165, 1.54) is 58.2 Å². The molecule has 0 aromatic carbocycles. The maximum atomic E-state index is 5.66. The molecule has 1 rings (SSSR count). The van der Waals surface area contributed by atoms with Crippen LogP contribution >= 0.6 is 11.6 Å². The number of unbranched alkanes of at least 4 members (excludes halogenated alkanes) is 3. The molecule has 2 nitrogen and oxygen atoms in total. The molecule has 1 atom stereocenters. The molecular weight excluding hydrogens is 220 g/mol. The van der Waals surface area contributed by atoms with Gasteiger partial charge in [-0.15, -0.1) is 11.6 Å². The fourth-order valence-corrected chi connectivity index (χ4v) is 2.68. The first-order chi connectivity index (χ1) is 7.74. The Hall–Kier alpha value is 0.210. The number of alkyl halides is 1. The Bertz CT molecular complexity index is 175. The van der Waals surface area contributed by atoms with Gasteiger partial charge in [-0.05, 0) is 52.9 Å². The standard InChI is InChI=1S/C13H27ClN2/c1-15-10-7-8-13(12-15)16(2)11-6-4-3-5-9-14/h13H,3-12H2,1-2H3. The first kappa shape index (κ1) is 14.3. The molecule has 1 aliphatic heterocycles. The number of hydrogen-bond acceptors (Lipinski definition) is 2. The summed E-state index contributed by atoms with van der Waals surface area (Å²) < 4.78 is 0. The lowest BCUT2D eigenvalue weighted by atomic mass is 10.0. The molecule has 0 saturated carbocycles. The third-order valence-corrected chi connectivity index (χ3v) is 3.88. The van der Waals surface area contributed by atoms with Gasteiger partial charge in [-0.1, -0.05) is 12.8 Å². The molecule has 16 heavy (non-hydrogen) atoms. The van der Waals surface area contributed by atoms with E-state index in [1.807, 2.05) is 0 Å². The molecular formula is C13H27ClN2. The van der Waals surface area contributed by atoms with Gasteiger partial charge in [0.25, 0.3) is 0 Å². The van der Waals surface area contributed by atoms with Gasteiger partial charge in [0, 0.05) is 18.5 Å². The molecule has 1 unspecified atom stereocenters. The highest BCUT2D eigenvalue weighted by atomic mass is 35.5. The summed E-state index contributed by atoms with van der Waals surface area (Å²) in [6.07, 6.45) is 7.87. The van der Waals surface area contributed by atoms with E-state index >= 15 is 0 Å². The third kappa shape index (κ3) is 5.51. The molecule has 0 aromatic heterocycles. The van der Waals surface area contributed by atoms with E-state index in [4.69, 9.17) is 11.6 Å². The highest BCUT2D eigenvalue weighted by Gasteiger charge is 2.20. The van der Waals surface area contributed by atoms with Crippen molar-refractivity contribution < 1.29 is 0 Å². The Morgan fingerprint density at radius 1 is 1.25 bits per heavy atom. The minimum atomic E-state index is 0.784. The van der Waals surface area contributed by atoms with Crippen molar-refractivity contribution in [3.8, 4) is 0 Å². The molecule has 0 amide bonds. The summed E-state index contributed by atoms with van der Waals surface area (Å²) in [5, 5.41) is 0. The van der Waals surface area contributed by atoms with Crippen molar-refractivity contribution in [1.29, 1.82) is 0 Å². The van der Waals surface area contributed by atoms with Gasteiger partial charge in [-0.2, -0.15) is 0 Å². The normalized spacial score (nSPS) is 22.9. The Kier molecular flexibility index (Phi) is 7.42. The SMILES string of the molecule is CN1CCCC(N(C)CCCCCCCl)C1. The van der Waals surface area contributed by atoms with Crippen molar-refractivity contribution in [3.05, 3.63) is 0 Å². The molecule has 96 valence electrons. The Morgan fingerprint density at radius 2 is 2.00 bits per heavy atom. The number of likely N-dealkylation sites (N-methyl/N-ethyl adjacent to an activating group) is 2. The van der Waals surface area contributed by atoms with Crippen LogP contribution in [0.4, 0.5) is 0 Å². The van der Waals surface area contributed by atoms with Crippen LogP contribution in [0.1, 0.15) is 38.5 Å². The van der Waals surface area contributed by atoms with Crippen LogP contribution in [-0.2, 0) is 0 Å². The van der Waals surface area contributed by atoms with Crippen LogP contribution in [0.2, 0.25) is 0 Å². The zero-order chi connectivity index (χ0) is 11.8. The highest BCUT2D eigenvalue weighted by Crippen LogP contribution is 2.14.